The lowest BCUT2D eigenvalue weighted by molar-refractivity contribution is 0.237. The number of benzene rings is 1. The summed E-state index contributed by atoms with van der Waals surface area (Å²) in [4.78, 5) is 11.4. The van der Waals surface area contributed by atoms with E-state index in [9.17, 15) is 9.18 Å². The average Bonchev–Trinajstić information content (AvgIpc) is 2.28. The third-order valence-electron chi connectivity index (χ3n) is 2.39. The molecular formula is C12H17FN2O. The van der Waals surface area contributed by atoms with Crippen LogP contribution in [0, 0.1) is 5.82 Å². The smallest absolute Gasteiger partial charge is 0.315 e. The van der Waals surface area contributed by atoms with Gasteiger partial charge in [-0.15, -0.1) is 0 Å². The Labute approximate surface area is 95.0 Å². The number of hydrogen-bond donors (Lipinski definition) is 2. The fourth-order valence-electron chi connectivity index (χ4n) is 1.19. The summed E-state index contributed by atoms with van der Waals surface area (Å²) in [5.41, 5.74) is 0.488. The Morgan fingerprint density at radius 1 is 1.44 bits per heavy atom. The number of carbonyl (C=O) groups excluding carboxylic acids is 1. The first kappa shape index (κ1) is 12.5. The zero-order chi connectivity index (χ0) is 12.0. The molecule has 0 aromatic heterocycles. The number of rotatable bonds is 4. The van der Waals surface area contributed by atoms with Crippen LogP contribution in [0.15, 0.2) is 24.3 Å². The van der Waals surface area contributed by atoms with Gasteiger partial charge in [0.05, 0.1) is 0 Å². The van der Waals surface area contributed by atoms with Crippen molar-refractivity contribution in [1.82, 2.24) is 10.6 Å². The highest BCUT2D eigenvalue weighted by Crippen LogP contribution is 2.05. The van der Waals surface area contributed by atoms with Crippen molar-refractivity contribution < 1.29 is 9.18 Å². The van der Waals surface area contributed by atoms with E-state index < -0.39 is 0 Å². The highest BCUT2D eigenvalue weighted by molar-refractivity contribution is 5.74. The van der Waals surface area contributed by atoms with Crippen LogP contribution in [0.2, 0.25) is 0 Å². The highest BCUT2D eigenvalue weighted by atomic mass is 19.1. The Hall–Kier alpha value is -1.58. The van der Waals surface area contributed by atoms with Gasteiger partial charge in [-0.3, -0.25) is 0 Å². The molecule has 2 N–H and O–H groups in total. The number of halogens is 1. The molecule has 0 heterocycles. The summed E-state index contributed by atoms with van der Waals surface area (Å²) < 4.78 is 13.2. The van der Waals surface area contributed by atoms with Crippen LogP contribution in [-0.2, 0) is 6.54 Å². The lowest BCUT2D eigenvalue weighted by Crippen LogP contribution is -2.40. The lowest BCUT2D eigenvalue weighted by Gasteiger charge is -2.12. The second kappa shape index (κ2) is 6.10. The quantitative estimate of drug-likeness (QED) is 0.810. The van der Waals surface area contributed by atoms with E-state index in [0.29, 0.717) is 5.56 Å². The van der Waals surface area contributed by atoms with E-state index in [0.717, 1.165) is 6.42 Å². The standard InChI is InChI=1S/C12H17FN2O/c1-3-9(2)15-12(16)14-8-10-6-4-5-7-11(10)13/h4-7,9H,3,8H2,1-2H3,(H2,14,15,16)/t9-/m0/s1. The van der Waals surface area contributed by atoms with E-state index in [4.69, 9.17) is 0 Å². The normalized spacial score (nSPS) is 11.9. The van der Waals surface area contributed by atoms with Crippen LogP contribution in [-0.4, -0.2) is 12.1 Å². The summed E-state index contributed by atoms with van der Waals surface area (Å²) >= 11 is 0. The number of amides is 2. The van der Waals surface area contributed by atoms with Crippen LogP contribution >= 0.6 is 0 Å². The molecule has 0 radical (unpaired) electrons. The van der Waals surface area contributed by atoms with Crippen LogP contribution in [0.4, 0.5) is 9.18 Å². The van der Waals surface area contributed by atoms with E-state index >= 15 is 0 Å². The van der Waals surface area contributed by atoms with Gasteiger partial charge in [0.25, 0.3) is 0 Å². The highest BCUT2D eigenvalue weighted by Gasteiger charge is 2.06. The van der Waals surface area contributed by atoms with Gasteiger partial charge in [-0.1, -0.05) is 25.1 Å². The first-order chi connectivity index (χ1) is 7.63. The Morgan fingerprint density at radius 2 is 2.12 bits per heavy atom. The van der Waals surface area contributed by atoms with Crippen LogP contribution in [0.1, 0.15) is 25.8 Å². The van der Waals surface area contributed by atoms with Crippen LogP contribution in [0.25, 0.3) is 0 Å². The summed E-state index contributed by atoms with van der Waals surface area (Å²) in [6, 6.07) is 6.26. The number of hydrogen-bond acceptors (Lipinski definition) is 1. The molecule has 1 aromatic carbocycles. The van der Waals surface area contributed by atoms with Gasteiger partial charge in [0.15, 0.2) is 0 Å². The van der Waals surface area contributed by atoms with Gasteiger partial charge < -0.3 is 10.6 Å². The molecular weight excluding hydrogens is 207 g/mol. The predicted octanol–water partition coefficient (Wildman–Crippen LogP) is 2.42. The van der Waals surface area contributed by atoms with Gasteiger partial charge in [-0.05, 0) is 19.4 Å². The average molecular weight is 224 g/mol. The van der Waals surface area contributed by atoms with Gasteiger partial charge in [0.1, 0.15) is 5.82 Å². The maximum atomic E-state index is 13.2. The minimum Gasteiger partial charge on any atom is -0.336 e. The van der Waals surface area contributed by atoms with Crippen molar-refractivity contribution in [1.29, 1.82) is 0 Å². The molecule has 0 bridgehead atoms. The molecule has 0 aliphatic rings. The molecule has 0 spiro atoms. The SMILES string of the molecule is CC[C@H](C)NC(=O)NCc1ccccc1F. The Kier molecular flexibility index (Phi) is 4.76. The molecule has 0 unspecified atom stereocenters. The minimum atomic E-state index is -0.300. The van der Waals surface area contributed by atoms with Crippen molar-refractivity contribution in [2.45, 2.75) is 32.9 Å². The van der Waals surface area contributed by atoms with Gasteiger partial charge in [-0.2, -0.15) is 0 Å². The summed E-state index contributed by atoms with van der Waals surface area (Å²) in [6.45, 7) is 4.11. The largest absolute Gasteiger partial charge is 0.336 e. The first-order valence-corrected chi connectivity index (χ1v) is 5.41. The van der Waals surface area contributed by atoms with Gasteiger partial charge in [-0.25, -0.2) is 9.18 Å². The van der Waals surface area contributed by atoms with Crippen LogP contribution in [0.5, 0.6) is 0 Å². The third-order valence-corrected chi connectivity index (χ3v) is 2.39. The van der Waals surface area contributed by atoms with Crippen molar-refractivity contribution >= 4 is 6.03 Å². The van der Waals surface area contributed by atoms with E-state index in [1.54, 1.807) is 18.2 Å². The van der Waals surface area contributed by atoms with Gasteiger partial charge in [0, 0.05) is 18.2 Å². The fraction of sp³-hybridized carbons (Fsp3) is 0.417. The molecule has 16 heavy (non-hydrogen) atoms. The molecule has 0 saturated heterocycles. The molecule has 1 atom stereocenters. The van der Waals surface area contributed by atoms with E-state index in [-0.39, 0.29) is 24.4 Å². The Bertz CT molecular complexity index is 355. The Balaban J connectivity index is 2.40. The first-order valence-electron chi connectivity index (χ1n) is 5.41. The molecule has 88 valence electrons. The maximum Gasteiger partial charge on any atom is 0.315 e. The summed E-state index contributed by atoms with van der Waals surface area (Å²) in [5.74, 6) is -0.300. The minimum absolute atomic E-state index is 0.126. The van der Waals surface area contributed by atoms with Crippen molar-refractivity contribution in [3.8, 4) is 0 Å². The monoisotopic (exact) mass is 224 g/mol. The van der Waals surface area contributed by atoms with Crippen LogP contribution < -0.4 is 10.6 Å². The molecule has 0 saturated carbocycles. The molecule has 2 amide bonds. The lowest BCUT2D eigenvalue weighted by atomic mass is 10.2. The predicted molar refractivity (Wildman–Crippen MR) is 61.5 cm³/mol. The van der Waals surface area contributed by atoms with Gasteiger partial charge >= 0.3 is 6.03 Å². The van der Waals surface area contributed by atoms with Crippen molar-refractivity contribution in [3.63, 3.8) is 0 Å². The molecule has 0 aliphatic heterocycles. The van der Waals surface area contributed by atoms with E-state index in [2.05, 4.69) is 10.6 Å². The number of urea groups is 1. The fourth-order valence-corrected chi connectivity index (χ4v) is 1.19. The number of nitrogens with one attached hydrogen (secondary N) is 2. The molecule has 0 fully saturated rings. The second-order valence-corrected chi connectivity index (χ2v) is 3.73. The van der Waals surface area contributed by atoms with Crippen molar-refractivity contribution in [2.75, 3.05) is 0 Å². The Morgan fingerprint density at radius 3 is 2.75 bits per heavy atom. The summed E-state index contributed by atoms with van der Waals surface area (Å²) in [5, 5.41) is 5.36. The van der Waals surface area contributed by atoms with E-state index in [1.165, 1.54) is 6.07 Å². The molecule has 0 aliphatic carbocycles. The molecule has 1 rings (SSSR count). The second-order valence-electron chi connectivity index (χ2n) is 3.73. The van der Waals surface area contributed by atoms with Gasteiger partial charge in [0.2, 0.25) is 0 Å². The third kappa shape index (κ3) is 3.88. The summed E-state index contributed by atoms with van der Waals surface area (Å²) in [6.07, 6.45) is 0.868. The molecule has 4 heteroatoms. The van der Waals surface area contributed by atoms with Crippen molar-refractivity contribution in [2.24, 2.45) is 0 Å². The van der Waals surface area contributed by atoms with Crippen LogP contribution in [0.3, 0.4) is 0 Å². The molecule has 1 aromatic rings. The molecule has 3 nitrogen and oxygen atoms in total. The zero-order valence-corrected chi connectivity index (χ0v) is 9.59. The summed E-state index contributed by atoms with van der Waals surface area (Å²) in [7, 11) is 0. The topological polar surface area (TPSA) is 41.1 Å². The van der Waals surface area contributed by atoms with Crippen molar-refractivity contribution in [3.05, 3.63) is 35.6 Å². The van der Waals surface area contributed by atoms with E-state index in [1.807, 2.05) is 13.8 Å². The maximum absolute atomic E-state index is 13.2. The number of carbonyl (C=O) groups is 1. The zero-order valence-electron chi connectivity index (χ0n) is 9.59.